The van der Waals surface area contributed by atoms with Crippen molar-refractivity contribution in [3.63, 3.8) is 0 Å². The number of ether oxygens (including phenoxy) is 3. The van der Waals surface area contributed by atoms with Crippen molar-refractivity contribution in [2.75, 3.05) is 6.61 Å². The van der Waals surface area contributed by atoms with Gasteiger partial charge in [-0.05, 0) is 18.2 Å². The smallest absolute Gasteiger partial charge is 0.487 e. The number of hydrogen-bond donors (Lipinski definition) is 1. The number of halogens is 2. The van der Waals surface area contributed by atoms with E-state index in [0.717, 1.165) is 0 Å². The summed E-state index contributed by atoms with van der Waals surface area (Å²) < 4.78 is 41.6. The molecule has 1 aromatic carbocycles. The molecule has 0 fully saturated rings. The average Bonchev–Trinajstić information content (AvgIpc) is 3.01. The summed E-state index contributed by atoms with van der Waals surface area (Å²) in [5.74, 6) is -0.183. The van der Waals surface area contributed by atoms with Crippen LogP contribution in [-0.4, -0.2) is 33.9 Å². The van der Waals surface area contributed by atoms with Gasteiger partial charge in [0.05, 0.1) is 6.54 Å². The highest BCUT2D eigenvalue weighted by atomic mass is 19.3. The molecule has 1 N–H and O–H groups in total. The van der Waals surface area contributed by atoms with Gasteiger partial charge in [0.25, 0.3) is 0 Å². The van der Waals surface area contributed by atoms with Crippen LogP contribution in [0.1, 0.15) is 0 Å². The van der Waals surface area contributed by atoms with Crippen LogP contribution < -0.4 is 14.2 Å². The Morgan fingerprint density at radius 2 is 2.19 bits per heavy atom. The summed E-state index contributed by atoms with van der Waals surface area (Å²) in [4.78, 5) is 0. The van der Waals surface area contributed by atoms with E-state index in [2.05, 4.69) is 14.6 Å². The van der Waals surface area contributed by atoms with Gasteiger partial charge in [-0.25, -0.2) is 0 Å². The first-order valence-corrected chi connectivity index (χ1v) is 6.21. The number of para-hydroxylation sites is 1. The predicted molar refractivity (Wildman–Crippen MR) is 66.4 cm³/mol. The Balaban J connectivity index is 1.63. The molecular weight excluding hydrogens is 286 g/mol. The number of benzene rings is 1. The van der Waals surface area contributed by atoms with Crippen LogP contribution in [0.3, 0.4) is 0 Å². The molecule has 8 heteroatoms. The van der Waals surface area contributed by atoms with E-state index in [9.17, 15) is 13.9 Å². The quantitative estimate of drug-likeness (QED) is 0.909. The van der Waals surface area contributed by atoms with Crippen molar-refractivity contribution in [1.82, 2.24) is 9.78 Å². The number of aliphatic hydroxyl groups is 1. The van der Waals surface area contributed by atoms with Crippen LogP contribution >= 0.6 is 0 Å². The molecule has 3 rings (SSSR count). The lowest BCUT2D eigenvalue weighted by Crippen LogP contribution is -2.26. The minimum Gasteiger partial charge on any atom is -0.487 e. The molecule has 1 aliphatic rings. The van der Waals surface area contributed by atoms with E-state index in [1.165, 1.54) is 22.9 Å². The number of rotatable bonds is 5. The Hall–Kier alpha value is -2.35. The summed E-state index contributed by atoms with van der Waals surface area (Å²) in [5, 5.41) is 13.8. The maximum Gasteiger partial charge on any atom is 0.586 e. The number of nitrogens with zero attached hydrogens (tertiary/aromatic N) is 2. The second-order valence-electron chi connectivity index (χ2n) is 4.44. The van der Waals surface area contributed by atoms with Gasteiger partial charge in [0, 0.05) is 12.4 Å². The van der Waals surface area contributed by atoms with Crippen molar-refractivity contribution in [2.24, 2.45) is 0 Å². The monoisotopic (exact) mass is 298 g/mol. The fraction of sp³-hybridized carbons (Fsp3) is 0.308. The van der Waals surface area contributed by atoms with Gasteiger partial charge < -0.3 is 19.3 Å². The lowest BCUT2D eigenvalue weighted by Gasteiger charge is -2.13. The van der Waals surface area contributed by atoms with E-state index in [-0.39, 0.29) is 30.4 Å². The van der Waals surface area contributed by atoms with E-state index in [1.54, 1.807) is 18.5 Å². The van der Waals surface area contributed by atoms with Crippen molar-refractivity contribution >= 4 is 0 Å². The first kappa shape index (κ1) is 13.6. The highest BCUT2D eigenvalue weighted by molar-refractivity contribution is 5.52. The highest BCUT2D eigenvalue weighted by Gasteiger charge is 2.45. The lowest BCUT2D eigenvalue weighted by molar-refractivity contribution is -0.287. The highest BCUT2D eigenvalue weighted by Crippen LogP contribution is 2.46. The van der Waals surface area contributed by atoms with Gasteiger partial charge in [-0.15, -0.1) is 8.78 Å². The maximum atomic E-state index is 13.0. The maximum absolute atomic E-state index is 13.0. The third-order valence-electron chi connectivity index (χ3n) is 2.78. The molecule has 1 unspecified atom stereocenters. The van der Waals surface area contributed by atoms with E-state index >= 15 is 0 Å². The van der Waals surface area contributed by atoms with Crippen LogP contribution in [-0.2, 0) is 6.54 Å². The summed E-state index contributed by atoms with van der Waals surface area (Å²) in [5.41, 5.74) is 0. The van der Waals surface area contributed by atoms with Crippen molar-refractivity contribution in [2.45, 2.75) is 18.9 Å². The molecular formula is C13H12F2N2O4. The van der Waals surface area contributed by atoms with Gasteiger partial charge in [0.15, 0.2) is 11.5 Å². The van der Waals surface area contributed by atoms with Crippen LogP contribution in [0.4, 0.5) is 8.78 Å². The molecule has 6 nitrogen and oxygen atoms in total. The Bertz CT molecular complexity index is 619. The summed E-state index contributed by atoms with van der Waals surface area (Å²) >= 11 is 0. The van der Waals surface area contributed by atoms with Gasteiger partial charge >= 0.3 is 6.29 Å². The van der Waals surface area contributed by atoms with Gasteiger partial charge in [-0.3, -0.25) is 4.68 Å². The molecule has 0 amide bonds. The van der Waals surface area contributed by atoms with E-state index < -0.39 is 12.4 Å². The van der Waals surface area contributed by atoms with E-state index in [1.807, 2.05) is 0 Å². The fourth-order valence-corrected chi connectivity index (χ4v) is 1.92. The summed E-state index contributed by atoms with van der Waals surface area (Å²) in [6.45, 7) is 0.140. The predicted octanol–water partition coefficient (Wildman–Crippen LogP) is 1.64. The Labute approximate surface area is 118 Å². The van der Waals surface area contributed by atoms with Gasteiger partial charge in [-0.2, -0.15) is 5.10 Å². The first-order valence-electron chi connectivity index (χ1n) is 6.21. The zero-order chi connectivity index (χ0) is 14.9. The van der Waals surface area contributed by atoms with E-state index in [0.29, 0.717) is 0 Å². The molecule has 112 valence electrons. The number of aromatic nitrogens is 2. The molecule has 0 spiro atoms. The van der Waals surface area contributed by atoms with Crippen molar-refractivity contribution < 1.29 is 28.1 Å². The van der Waals surface area contributed by atoms with Crippen molar-refractivity contribution in [3.05, 3.63) is 36.7 Å². The van der Waals surface area contributed by atoms with Crippen LogP contribution in [0.2, 0.25) is 0 Å². The zero-order valence-electron chi connectivity index (χ0n) is 10.8. The molecule has 21 heavy (non-hydrogen) atoms. The molecule has 0 aliphatic carbocycles. The first-order chi connectivity index (χ1) is 10.0. The Morgan fingerprint density at radius 3 is 2.95 bits per heavy atom. The molecule has 0 saturated carbocycles. The van der Waals surface area contributed by atoms with Crippen molar-refractivity contribution in [1.29, 1.82) is 0 Å². The zero-order valence-corrected chi connectivity index (χ0v) is 10.8. The largest absolute Gasteiger partial charge is 0.586 e. The molecule has 0 radical (unpaired) electrons. The van der Waals surface area contributed by atoms with Gasteiger partial charge in [0.1, 0.15) is 12.7 Å². The minimum absolute atomic E-state index is 0.0872. The summed E-state index contributed by atoms with van der Waals surface area (Å²) in [6, 6.07) is 6.04. The third-order valence-corrected chi connectivity index (χ3v) is 2.78. The topological polar surface area (TPSA) is 65.7 Å². The second-order valence-corrected chi connectivity index (χ2v) is 4.44. The molecule has 1 atom stereocenters. The van der Waals surface area contributed by atoms with Crippen LogP contribution in [0.25, 0.3) is 0 Å². The molecule has 0 saturated heterocycles. The summed E-state index contributed by atoms with van der Waals surface area (Å²) in [7, 11) is 0. The summed E-state index contributed by atoms with van der Waals surface area (Å²) in [6.07, 6.45) is -1.26. The number of aliphatic hydroxyl groups excluding tert-OH is 1. The van der Waals surface area contributed by atoms with Gasteiger partial charge in [0.2, 0.25) is 5.75 Å². The van der Waals surface area contributed by atoms with Crippen molar-refractivity contribution in [3.8, 4) is 17.2 Å². The van der Waals surface area contributed by atoms with E-state index in [4.69, 9.17) is 4.74 Å². The number of hydrogen-bond acceptors (Lipinski definition) is 5. The SMILES string of the molecule is OC(COc1cccc2c1OC(F)(F)O2)Cn1cccn1. The minimum atomic E-state index is -3.70. The fourth-order valence-electron chi connectivity index (χ4n) is 1.92. The van der Waals surface area contributed by atoms with Gasteiger partial charge in [-0.1, -0.05) is 6.07 Å². The molecule has 0 bridgehead atoms. The standard InChI is InChI=1S/C13H12F2N2O4/c14-13(15)20-11-4-1-3-10(12(11)21-13)19-8-9(18)7-17-6-2-5-16-17/h1-6,9,18H,7-8H2. The average molecular weight is 298 g/mol. The number of fused-ring (bicyclic) bond motifs is 1. The van der Waals surface area contributed by atoms with Crippen LogP contribution in [0.5, 0.6) is 17.2 Å². The van der Waals surface area contributed by atoms with Crippen LogP contribution in [0.15, 0.2) is 36.7 Å². The number of alkyl halides is 2. The molecule has 2 aromatic rings. The molecule has 2 heterocycles. The second kappa shape index (κ2) is 5.21. The molecule has 1 aromatic heterocycles. The lowest BCUT2D eigenvalue weighted by atomic mass is 10.3. The van der Waals surface area contributed by atoms with Crippen LogP contribution in [0, 0.1) is 0 Å². The molecule has 1 aliphatic heterocycles. The Morgan fingerprint density at radius 1 is 1.33 bits per heavy atom. The normalized spacial score (nSPS) is 16.7. The third kappa shape index (κ3) is 3.05. The Kier molecular flexibility index (Phi) is 3.38.